The number of hydrogen-bond donors (Lipinski definition) is 2. The summed E-state index contributed by atoms with van der Waals surface area (Å²) in [6, 6.07) is 8.10. The van der Waals surface area contributed by atoms with Crippen LogP contribution in [0.15, 0.2) is 36.7 Å². The van der Waals surface area contributed by atoms with Gasteiger partial charge in [-0.3, -0.25) is 14.8 Å². The second-order valence-corrected chi connectivity index (χ2v) is 9.36. The van der Waals surface area contributed by atoms with Crippen LogP contribution < -0.4 is 10.6 Å². The van der Waals surface area contributed by atoms with E-state index in [1.807, 2.05) is 24.4 Å². The van der Waals surface area contributed by atoms with Crippen LogP contribution in [-0.4, -0.2) is 42.7 Å². The summed E-state index contributed by atoms with van der Waals surface area (Å²) in [4.78, 5) is 21.5. The van der Waals surface area contributed by atoms with Gasteiger partial charge in [0.05, 0.1) is 13.0 Å². The van der Waals surface area contributed by atoms with Gasteiger partial charge in [0.2, 0.25) is 5.91 Å². The molecular weight excluding hydrogens is 376 g/mol. The van der Waals surface area contributed by atoms with Gasteiger partial charge in [0.25, 0.3) is 0 Å². The van der Waals surface area contributed by atoms with E-state index < -0.39 is 0 Å². The summed E-state index contributed by atoms with van der Waals surface area (Å²) in [6.45, 7) is 13.3. The predicted molar refractivity (Wildman–Crippen MR) is 120 cm³/mol. The van der Waals surface area contributed by atoms with E-state index in [-0.39, 0.29) is 16.7 Å². The molecule has 0 aliphatic carbocycles. The molecule has 0 aromatic carbocycles. The average Bonchev–Trinajstić information content (AvgIpc) is 2.70. The van der Waals surface area contributed by atoms with Crippen LogP contribution in [0.4, 0.5) is 0 Å². The molecule has 2 heterocycles. The first-order valence-corrected chi connectivity index (χ1v) is 10.5. The second-order valence-electron chi connectivity index (χ2n) is 9.36. The zero-order valence-corrected chi connectivity index (χ0v) is 19.2. The first kappa shape index (κ1) is 24.0. The Bertz CT molecular complexity index is 793. The van der Waals surface area contributed by atoms with E-state index in [0.29, 0.717) is 19.6 Å². The lowest BCUT2D eigenvalue weighted by molar-refractivity contribution is -0.120. The number of hydrogen-bond acceptors (Lipinski definition) is 5. The van der Waals surface area contributed by atoms with Crippen molar-refractivity contribution in [1.29, 1.82) is 0 Å². The summed E-state index contributed by atoms with van der Waals surface area (Å²) >= 11 is 0. The minimum Gasteiger partial charge on any atom is -0.383 e. The van der Waals surface area contributed by atoms with Gasteiger partial charge >= 0.3 is 0 Å². The van der Waals surface area contributed by atoms with Crippen LogP contribution in [0, 0.1) is 0 Å². The van der Waals surface area contributed by atoms with Gasteiger partial charge in [-0.25, -0.2) is 0 Å². The van der Waals surface area contributed by atoms with Gasteiger partial charge in [0.1, 0.15) is 0 Å². The Balaban J connectivity index is 1.85. The molecule has 0 bridgehead atoms. The van der Waals surface area contributed by atoms with E-state index >= 15 is 0 Å². The SMILES string of the molecule is COCCNCc1ccc(C(C)(C)CNC(=O)Cc2ccc(C(C)(C)C)nc2)nc1. The molecule has 0 saturated carbocycles. The number of amides is 1. The maximum absolute atomic E-state index is 12.4. The number of pyridine rings is 2. The van der Waals surface area contributed by atoms with Crippen molar-refractivity contribution in [1.82, 2.24) is 20.6 Å². The van der Waals surface area contributed by atoms with E-state index in [9.17, 15) is 4.79 Å². The molecule has 2 rings (SSSR count). The molecule has 0 unspecified atom stereocenters. The van der Waals surface area contributed by atoms with Crippen LogP contribution in [0.25, 0.3) is 0 Å². The number of carbonyl (C=O) groups excluding carboxylic acids is 1. The molecule has 0 aliphatic heterocycles. The fourth-order valence-electron chi connectivity index (χ4n) is 2.97. The minimum absolute atomic E-state index is 0.00709. The lowest BCUT2D eigenvalue weighted by Crippen LogP contribution is -2.38. The largest absolute Gasteiger partial charge is 0.383 e. The fraction of sp³-hybridized carbons (Fsp3) is 0.542. The van der Waals surface area contributed by atoms with Crippen molar-refractivity contribution in [2.24, 2.45) is 0 Å². The molecule has 2 aromatic rings. The normalized spacial score (nSPS) is 12.1. The van der Waals surface area contributed by atoms with Gasteiger partial charge in [-0.2, -0.15) is 0 Å². The van der Waals surface area contributed by atoms with Crippen LogP contribution in [-0.2, 0) is 33.3 Å². The summed E-state index contributed by atoms with van der Waals surface area (Å²) in [7, 11) is 1.69. The number of nitrogens with one attached hydrogen (secondary N) is 2. The van der Waals surface area contributed by atoms with Crippen molar-refractivity contribution in [2.45, 2.75) is 58.4 Å². The fourth-order valence-corrected chi connectivity index (χ4v) is 2.97. The summed E-state index contributed by atoms with van der Waals surface area (Å²) in [5.74, 6) is -0.00709. The summed E-state index contributed by atoms with van der Waals surface area (Å²) in [5.41, 5.74) is 3.78. The molecule has 1 amide bonds. The third-order valence-electron chi connectivity index (χ3n) is 5.02. The molecule has 164 valence electrons. The molecule has 2 aromatic heterocycles. The van der Waals surface area contributed by atoms with E-state index in [4.69, 9.17) is 4.74 Å². The summed E-state index contributed by atoms with van der Waals surface area (Å²) < 4.78 is 5.03. The Morgan fingerprint density at radius 3 is 2.17 bits per heavy atom. The summed E-state index contributed by atoms with van der Waals surface area (Å²) in [6.07, 6.45) is 4.01. The second kappa shape index (κ2) is 10.6. The highest BCUT2D eigenvalue weighted by molar-refractivity contribution is 5.78. The van der Waals surface area contributed by atoms with Gasteiger partial charge in [-0.1, -0.05) is 46.8 Å². The zero-order valence-electron chi connectivity index (χ0n) is 19.2. The van der Waals surface area contributed by atoms with Crippen LogP contribution in [0.3, 0.4) is 0 Å². The molecule has 6 heteroatoms. The lowest BCUT2D eigenvalue weighted by atomic mass is 9.88. The zero-order chi connectivity index (χ0) is 22.2. The van der Waals surface area contributed by atoms with E-state index in [1.54, 1.807) is 13.3 Å². The van der Waals surface area contributed by atoms with E-state index in [0.717, 1.165) is 35.6 Å². The molecule has 0 saturated heterocycles. The van der Waals surface area contributed by atoms with Gasteiger partial charge in [-0.05, 0) is 23.3 Å². The third-order valence-corrected chi connectivity index (χ3v) is 5.02. The van der Waals surface area contributed by atoms with E-state index in [2.05, 4.69) is 61.3 Å². The Morgan fingerprint density at radius 1 is 0.967 bits per heavy atom. The number of nitrogens with zero attached hydrogens (tertiary/aromatic N) is 2. The highest BCUT2D eigenvalue weighted by Gasteiger charge is 2.23. The maximum Gasteiger partial charge on any atom is 0.224 e. The summed E-state index contributed by atoms with van der Waals surface area (Å²) in [5, 5.41) is 6.35. The minimum atomic E-state index is -0.258. The molecule has 0 fully saturated rings. The molecule has 0 spiro atoms. The Kier molecular flexibility index (Phi) is 8.50. The van der Waals surface area contributed by atoms with Crippen LogP contribution in [0.1, 0.15) is 57.1 Å². The van der Waals surface area contributed by atoms with Gasteiger partial charge in [0.15, 0.2) is 0 Å². The standard InChI is InChI=1S/C24H36N4O2/c1-23(2,3)20-9-7-18(15-26-20)13-22(29)28-17-24(4,5)21-10-8-19(16-27-21)14-25-11-12-30-6/h7-10,15-16,25H,11-14,17H2,1-6H3,(H,28,29). The van der Waals surface area contributed by atoms with Gasteiger partial charge < -0.3 is 15.4 Å². The molecule has 6 nitrogen and oxygen atoms in total. The number of rotatable bonds is 10. The molecule has 0 aliphatic rings. The third kappa shape index (κ3) is 7.50. The average molecular weight is 413 g/mol. The highest BCUT2D eigenvalue weighted by Crippen LogP contribution is 2.21. The smallest absolute Gasteiger partial charge is 0.224 e. The Morgan fingerprint density at radius 2 is 1.60 bits per heavy atom. The van der Waals surface area contributed by atoms with E-state index in [1.165, 1.54) is 0 Å². The first-order valence-electron chi connectivity index (χ1n) is 10.5. The Hall–Kier alpha value is -2.31. The quantitative estimate of drug-likeness (QED) is 0.586. The van der Waals surface area contributed by atoms with Crippen molar-refractivity contribution < 1.29 is 9.53 Å². The lowest BCUT2D eigenvalue weighted by Gasteiger charge is -2.24. The van der Waals surface area contributed by atoms with Gasteiger partial charge in [0, 0.05) is 61.4 Å². The van der Waals surface area contributed by atoms with Crippen molar-refractivity contribution >= 4 is 5.91 Å². The number of aromatic nitrogens is 2. The topological polar surface area (TPSA) is 76.1 Å². The van der Waals surface area contributed by atoms with Crippen molar-refractivity contribution in [3.8, 4) is 0 Å². The monoisotopic (exact) mass is 412 g/mol. The molecule has 0 atom stereocenters. The Labute approximate surface area is 180 Å². The van der Waals surface area contributed by atoms with Gasteiger partial charge in [-0.15, -0.1) is 0 Å². The number of ether oxygens (including phenoxy) is 1. The van der Waals surface area contributed by atoms with Crippen molar-refractivity contribution in [2.75, 3.05) is 26.8 Å². The van der Waals surface area contributed by atoms with Crippen molar-refractivity contribution in [3.63, 3.8) is 0 Å². The molecule has 2 N–H and O–H groups in total. The number of methoxy groups -OCH3 is 1. The number of carbonyl (C=O) groups is 1. The molecule has 30 heavy (non-hydrogen) atoms. The predicted octanol–water partition coefficient (Wildman–Crippen LogP) is 3.15. The van der Waals surface area contributed by atoms with Crippen LogP contribution in [0.5, 0.6) is 0 Å². The first-order chi connectivity index (χ1) is 14.1. The van der Waals surface area contributed by atoms with Crippen molar-refractivity contribution in [3.05, 3.63) is 59.2 Å². The highest BCUT2D eigenvalue weighted by atomic mass is 16.5. The molecule has 0 radical (unpaired) electrons. The van der Waals surface area contributed by atoms with Crippen LogP contribution >= 0.6 is 0 Å². The maximum atomic E-state index is 12.4. The van der Waals surface area contributed by atoms with Crippen LogP contribution in [0.2, 0.25) is 0 Å². The molecular formula is C24H36N4O2.